The zero-order valence-corrected chi connectivity index (χ0v) is 13.3. The van der Waals surface area contributed by atoms with Crippen LogP contribution in [0, 0.1) is 11.8 Å². The molecule has 108 valence electrons. The Morgan fingerprint density at radius 1 is 1.42 bits per heavy atom. The first kappa shape index (κ1) is 15.2. The van der Waals surface area contributed by atoms with Crippen LogP contribution < -0.4 is 5.73 Å². The van der Waals surface area contributed by atoms with Crippen molar-refractivity contribution in [2.45, 2.75) is 31.9 Å². The molecule has 0 amide bonds. The standard InChI is InChI=1S/C13H23N3OS2/c1-9(2)5-10(7-14)6-12-15-13(16-17-12)11-8-18-3-4-19-11/h9-11H,3-8,14H2,1-2H3/t10-,11?/m0/s1. The van der Waals surface area contributed by atoms with Crippen LogP contribution in [0.5, 0.6) is 0 Å². The molecule has 0 aliphatic carbocycles. The second-order valence-corrected chi connectivity index (χ2v) is 7.88. The van der Waals surface area contributed by atoms with Crippen LogP contribution in [0.25, 0.3) is 0 Å². The molecule has 1 saturated heterocycles. The van der Waals surface area contributed by atoms with E-state index in [1.54, 1.807) is 0 Å². The topological polar surface area (TPSA) is 64.9 Å². The van der Waals surface area contributed by atoms with E-state index in [2.05, 4.69) is 24.0 Å². The SMILES string of the molecule is CC(C)C[C@H](CN)Cc1nc(C2CSCCS2)no1. The number of hydrogen-bond acceptors (Lipinski definition) is 6. The van der Waals surface area contributed by atoms with Crippen molar-refractivity contribution < 1.29 is 4.52 Å². The summed E-state index contributed by atoms with van der Waals surface area (Å²) in [5.41, 5.74) is 5.82. The van der Waals surface area contributed by atoms with E-state index >= 15 is 0 Å². The summed E-state index contributed by atoms with van der Waals surface area (Å²) < 4.78 is 5.39. The third-order valence-corrected chi connectivity index (χ3v) is 5.94. The van der Waals surface area contributed by atoms with Crippen LogP contribution in [0.15, 0.2) is 4.52 Å². The molecular weight excluding hydrogens is 278 g/mol. The van der Waals surface area contributed by atoms with Gasteiger partial charge in [-0.25, -0.2) is 0 Å². The van der Waals surface area contributed by atoms with Gasteiger partial charge in [-0.05, 0) is 24.8 Å². The summed E-state index contributed by atoms with van der Waals surface area (Å²) in [5, 5.41) is 4.55. The normalized spacial score (nSPS) is 21.8. The number of rotatable bonds is 6. The summed E-state index contributed by atoms with van der Waals surface area (Å²) in [6.07, 6.45) is 1.93. The highest BCUT2D eigenvalue weighted by atomic mass is 32.2. The zero-order valence-electron chi connectivity index (χ0n) is 11.7. The number of nitrogens with two attached hydrogens (primary N) is 1. The molecule has 2 heterocycles. The Bertz CT molecular complexity index is 378. The molecule has 1 aromatic heterocycles. The van der Waals surface area contributed by atoms with Crippen LogP contribution in [0.3, 0.4) is 0 Å². The van der Waals surface area contributed by atoms with Gasteiger partial charge in [-0.3, -0.25) is 0 Å². The highest BCUT2D eigenvalue weighted by molar-refractivity contribution is 8.06. The fraction of sp³-hybridized carbons (Fsp3) is 0.846. The van der Waals surface area contributed by atoms with Gasteiger partial charge in [0.25, 0.3) is 0 Å². The van der Waals surface area contributed by atoms with Gasteiger partial charge in [-0.1, -0.05) is 19.0 Å². The van der Waals surface area contributed by atoms with E-state index in [1.807, 2.05) is 23.5 Å². The van der Waals surface area contributed by atoms with E-state index < -0.39 is 0 Å². The predicted octanol–water partition coefficient (Wildman–Crippen LogP) is 2.75. The minimum atomic E-state index is 0.401. The first-order valence-corrected chi connectivity index (χ1v) is 9.11. The maximum atomic E-state index is 5.82. The van der Waals surface area contributed by atoms with Gasteiger partial charge in [-0.15, -0.1) is 11.8 Å². The second kappa shape index (κ2) is 7.55. The highest BCUT2D eigenvalue weighted by Crippen LogP contribution is 2.35. The second-order valence-electron chi connectivity index (χ2n) is 5.42. The molecule has 0 bridgehead atoms. The van der Waals surface area contributed by atoms with Crippen molar-refractivity contribution in [3.05, 3.63) is 11.7 Å². The largest absolute Gasteiger partial charge is 0.339 e. The van der Waals surface area contributed by atoms with Crippen molar-refractivity contribution in [2.24, 2.45) is 17.6 Å². The van der Waals surface area contributed by atoms with E-state index in [9.17, 15) is 0 Å². The number of aromatic nitrogens is 2. The molecule has 0 radical (unpaired) electrons. The van der Waals surface area contributed by atoms with Gasteiger partial charge in [0.2, 0.25) is 5.89 Å². The highest BCUT2D eigenvalue weighted by Gasteiger charge is 2.22. The van der Waals surface area contributed by atoms with Crippen LogP contribution >= 0.6 is 23.5 Å². The molecule has 6 heteroatoms. The summed E-state index contributed by atoms with van der Waals surface area (Å²) in [6.45, 7) is 5.12. The number of thioether (sulfide) groups is 2. The molecule has 0 saturated carbocycles. The number of nitrogens with zero attached hydrogens (tertiary/aromatic N) is 2. The van der Waals surface area contributed by atoms with Crippen molar-refractivity contribution in [1.82, 2.24) is 10.1 Å². The summed E-state index contributed by atoms with van der Waals surface area (Å²) >= 11 is 3.91. The molecule has 1 unspecified atom stereocenters. The maximum absolute atomic E-state index is 5.82. The molecule has 2 N–H and O–H groups in total. The van der Waals surface area contributed by atoms with E-state index in [0.717, 1.165) is 30.3 Å². The Hall–Kier alpha value is -0.200. The zero-order chi connectivity index (χ0) is 13.7. The predicted molar refractivity (Wildman–Crippen MR) is 82.5 cm³/mol. The van der Waals surface area contributed by atoms with Crippen molar-refractivity contribution in [3.8, 4) is 0 Å². The fourth-order valence-electron chi connectivity index (χ4n) is 2.30. The molecule has 0 aromatic carbocycles. The Kier molecular flexibility index (Phi) is 6.04. The first-order chi connectivity index (χ1) is 9.19. The van der Waals surface area contributed by atoms with Crippen LogP contribution in [0.4, 0.5) is 0 Å². The van der Waals surface area contributed by atoms with Gasteiger partial charge in [0.1, 0.15) is 0 Å². The van der Waals surface area contributed by atoms with Crippen LogP contribution in [-0.2, 0) is 6.42 Å². The third kappa shape index (κ3) is 4.68. The Labute approximate surface area is 123 Å². The molecule has 0 spiro atoms. The summed E-state index contributed by atoms with van der Waals surface area (Å²) in [4.78, 5) is 4.56. The lowest BCUT2D eigenvalue weighted by molar-refractivity contribution is 0.329. The smallest absolute Gasteiger partial charge is 0.227 e. The summed E-state index contributed by atoms with van der Waals surface area (Å²) in [7, 11) is 0. The van der Waals surface area contributed by atoms with Crippen molar-refractivity contribution in [1.29, 1.82) is 0 Å². The molecule has 2 rings (SSSR count). The van der Waals surface area contributed by atoms with E-state index in [4.69, 9.17) is 10.3 Å². The lowest BCUT2D eigenvalue weighted by Crippen LogP contribution is -2.19. The maximum Gasteiger partial charge on any atom is 0.227 e. The van der Waals surface area contributed by atoms with Gasteiger partial charge in [-0.2, -0.15) is 16.7 Å². The quantitative estimate of drug-likeness (QED) is 0.871. The van der Waals surface area contributed by atoms with Crippen LogP contribution in [0.2, 0.25) is 0 Å². The molecule has 1 aliphatic rings. The minimum Gasteiger partial charge on any atom is -0.339 e. The monoisotopic (exact) mass is 301 g/mol. The lowest BCUT2D eigenvalue weighted by atomic mass is 9.94. The Morgan fingerprint density at radius 2 is 2.26 bits per heavy atom. The molecular formula is C13H23N3OS2. The Balaban J connectivity index is 1.92. The molecule has 1 fully saturated rings. The lowest BCUT2D eigenvalue weighted by Gasteiger charge is -2.17. The van der Waals surface area contributed by atoms with E-state index in [1.165, 1.54) is 11.5 Å². The van der Waals surface area contributed by atoms with Crippen molar-refractivity contribution in [2.75, 3.05) is 23.8 Å². The van der Waals surface area contributed by atoms with Crippen molar-refractivity contribution >= 4 is 23.5 Å². The molecule has 1 aliphatic heterocycles. The van der Waals surface area contributed by atoms with Gasteiger partial charge < -0.3 is 10.3 Å². The average molecular weight is 301 g/mol. The van der Waals surface area contributed by atoms with Crippen molar-refractivity contribution in [3.63, 3.8) is 0 Å². The molecule has 19 heavy (non-hydrogen) atoms. The summed E-state index contributed by atoms with van der Waals surface area (Å²) in [5.74, 6) is 6.22. The van der Waals surface area contributed by atoms with Gasteiger partial charge in [0, 0.05) is 23.7 Å². The summed E-state index contributed by atoms with van der Waals surface area (Å²) in [6, 6.07) is 0. The van der Waals surface area contributed by atoms with Gasteiger partial charge >= 0.3 is 0 Å². The van der Waals surface area contributed by atoms with E-state index in [-0.39, 0.29) is 0 Å². The average Bonchev–Trinajstić information content (AvgIpc) is 2.87. The van der Waals surface area contributed by atoms with Crippen LogP contribution in [-0.4, -0.2) is 33.9 Å². The molecule has 2 atom stereocenters. The fourth-order valence-corrected chi connectivity index (χ4v) is 4.88. The van der Waals surface area contributed by atoms with E-state index in [0.29, 0.717) is 23.6 Å². The molecule has 4 nitrogen and oxygen atoms in total. The third-order valence-electron chi connectivity index (χ3n) is 3.19. The number of hydrogen-bond donors (Lipinski definition) is 1. The van der Waals surface area contributed by atoms with Gasteiger partial charge in [0.15, 0.2) is 5.82 Å². The van der Waals surface area contributed by atoms with Gasteiger partial charge in [0.05, 0.1) is 5.25 Å². The minimum absolute atomic E-state index is 0.401. The Morgan fingerprint density at radius 3 is 2.89 bits per heavy atom. The molecule has 1 aromatic rings. The first-order valence-electron chi connectivity index (χ1n) is 6.91. The van der Waals surface area contributed by atoms with Crippen LogP contribution in [0.1, 0.15) is 37.2 Å².